The van der Waals surface area contributed by atoms with Gasteiger partial charge in [-0.25, -0.2) is 0 Å². The minimum atomic E-state index is 0.506. The van der Waals surface area contributed by atoms with E-state index in [0.717, 1.165) is 23.2 Å². The van der Waals surface area contributed by atoms with Gasteiger partial charge in [0, 0.05) is 9.30 Å². The first-order valence-electron chi connectivity index (χ1n) is 5.65. The Morgan fingerprint density at radius 2 is 2.19 bits per heavy atom. The van der Waals surface area contributed by atoms with Crippen LogP contribution in [0.2, 0.25) is 0 Å². The summed E-state index contributed by atoms with van der Waals surface area (Å²) in [7, 11) is 0. The van der Waals surface area contributed by atoms with E-state index in [2.05, 4.69) is 38.8 Å². The summed E-state index contributed by atoms with van der Waals surface area (Å²) >= 11 is 7.13. The lowest BCUT2D eigenvalue weighted by atomic mass is 10.00. The molecule has 0 bridgehead atoms. The highest BCUT2D eigenvalue weighted by Crippen LogP contribution is 2.54. The molecular formula is C13H16Br2O. The van der Waals surface area contributed by atoms with Crippen molar-refractivity contribution in [2.24, 2.45) is 5.41 Å². The van der Waals surface area contributed by atoms with Crippen molar-refractivity contribution in [1.82, 2.24) is 0 Å². The first-order valence-corrected chi connectivity index (χ1v) is 7.36. The summed E-state index contributed by atoms with van der Waals surface area (Å²) in [5.41, 5.74) is 0.506. The maximum absolute atomic E-state index is 5.76. The van der Waals surface area contributed by atoms with Crippen LogP contribution in [-0.4, -0.2) is 11.4 Å². The third-order valence-electron chi connectivity index (χ3n) is 3.40. The Bertz CT molecular complexity index is 359. The van der Waals surface area contributed by atoms with Crippen LogP contribution in [0.3, 0.4) is 0 Å². The predicted molar refractivity (Wildman–Crippen MR) is 74.3 cm³/mol. The lowest BCUT2D eigenvalue weighted by Gasteiger charge is -2.18. The molecule has 0 amide bonds. The van der Waals surface area contributed by atoms with Crippen LogP contribution in [0.4, 0.5) is 0 Å². The molecular weight excluding hydrogens is 332 g/mol. The quantitative estimate of drug-likeness (QED) is 0.696. The van der Waals surface area contributed by atoms with Gasteiger partial charge in [-0.15, -0.1) is 0 Å². The van der Waals surface area contributed by atoms with Gasteiger partial charge in [0.1, 0.15) is 5.75 Å². The minimum absolute atomic E-state index is 0.506. The third kappa shape index (κ3) is 3.01. The number of halogens is 2. The molecule has 1 fully saturated rings. The van der Waals surface area contributed by atoms with Crippen molar-refractivity contribution >= 4 is 31.9 Å². The first kappa shape index (κ1) is 12.4. The van der Waals surface area contributed by atoms with Gasteiger partial charge in [-0.05, 0) is 42.9 Å². The highest BCUT2D eigenvalue weighted by Gasteiger charge is 2.45. The molecule has 0 spiro atoms. The molecule has 0 saturated heterocycles. The molecule has 1 unspecified atom stereocenters. The fourth-order valence-electron chi connectivity index (χ4n) is 1.94. The molecule has 0 aromatic heterocycles. The van der Waals surface area contributed by atoms with Crippen molar-refractivity contribution in [3.05, 3.63) is 28.7 Å². The second-order valence-electron chi connectivity index (χ2n) is 4.53. The van der Waals surface area contributed by atoms with E-state index in [1.165, 1.54) is 12.8 Å². The summed E-state index contributed by atoms with van der Waals surface area (Å²) in [4.78, 5) is 0.603. The van der Waals surface area contributed by atoms with Gasteiger partial charge >= 0.3 is 0 Å². The number of rotatable bonds is 5. The van der Waals surface area contributed by atoms with E-state index in [0.29, 0.717) is 10.2 Å². The summed E-state index contributed by atoms with van der Waals surface area (Å²) in [6, 6.07) is 8.02. The SMILES string of the molecule is CC(Br)C1(CCOc2cccc(Br)c2)CC1. The van der Waals surface area contributed by atoms with E-state index in [4.69, 9.17) is 4.74 Å². The second kappa shape index (κ2) is 5.09. The lowest BCUT2D eigenvalue weighted by molar-refractivity contribution is 0.269. The molecule has 1 saturated carbocycles. The summed E-state index contributed by atoms with van der Waals surface area (Å²) in [6.45, 7) is 3.05. The summed E-state index contributed by atoms with van der Waals surface area (Å²) in [6.07, 6.45) is 3.81. The number of ether oxygens (including phenoxy) is 1. The summed E-state index contributed by atoms with van der Waals surface area (Å²) in [5, 5.41) is 0. The van der Waals surface area contributed by atoms with Gasteiger partial charge in [0.15, 0.2) is 0 Å². The zero-order chi connectivity index (χ0) is 11.6. The van der Waals surface area contributed by atoms with E-state index in [1.807, 2.05) is 24.3 Å². The molecule has 1 aromatic carbocycles. The van der Waals surface area contributed by atoms with Gasteiger partial charge < -0.3 is 4.74 Å². The van der Waals surface area contributed by atoms with E-state index in [1.54, 1.807) is 0 Å². The molecule has 1 aromatic rings. The van der Waals surface area contributed by atoms with Crippen LogP contribution < -0.4 is 4.74 Å². The molecule has 0 N–H and O–H groups in total. The monoisotopic (exact) mass is 346 g/mol. The first-order chi connectivity index (χ1) is 7.62. The second-order valence-corrected chi connectivity index (χ2v) is 6.82. The van der Waals surface area contributed by atoms with Crippen molar-refractivity contribution in [3.8, 4) is 5.75 Å². The van der Waals surface area contributed by atoms with Crippen LogP contribution in [0.25, 0.3) is 0 Å². The maximum Gasteiger partial charge on any atom is 0.120 e. The molecule has 1 nitrogen and oxygen atoms in total. The van der Waals surface area contributed by atoms with E-state index in [-0.39, 0.29) is 0 Å². The molecule has 0 heterocycles. The third-order valence-corrected chi connectivity index (χ3v) is 4.87. The number of benzene rings is 1. The fourth-order valence-corrected chi connectivity index (χ4v) is 3.00. The van der Waals surface area contributed by atoms with Crippen molar-refractivity contribution in [2.75, 3.05) is 6.61 Å². The average Bonchev–Trinajstić information content (AvgIpc) is 2.99. The number of hydrogen-bond donors (Lipinski definition) is 0. The van der Waals surface area contributed by atoms with Crippen LogP contribution >= 0.6 is 31.9 Å². The molecule has 16 heavy (non-hydrogen) atoms. The molecule has 2 rings (SSSR count). The zero-order valence-corrected chi connectivity index (χ0v) is 12.6. The summed E-state index contributed by atoms with van der Waals surface area (Å²) in [5.74, 6) is 0.951. The van der Waals surface area contributed by atoms with Crippen LogP contribution in [0.1, 0.15) is 26.2 Å². The molecule has 1 aliphatic rings. The van der Waals surface area contributed by atoms with Crippen LogP contribution in [-0.2, 0) is 0 Å². The highest BCUT2D eigenvalue weighted by atomic mass is 79.9. The smallest absolute Gasteiger partial charge is 0.120 e. The normalized spacial score (nSPS) is 19.2. The Hall–Kier alpha value is -0.0200. The molecule has 1 aliphatic carbocycles. The van der Waals surface area contributed by atoms with E-state index in [9.17, 15) is 0 Å². The molecule has 1 atom stereocenters. The Morgan fingerprint density at radius 1 is 1.44 bits per heavy atom. The van der Waals surface area contributed by atoms with Crippen molar-refractivity contribution < 1.29 is 4.74 Å². The Labute approximate surface area is 114 Å². The molecule has 88 valence electrons. The van der Waals surface area contributed by atoms with Crippen molar-refractivity contribution in [1.29, 1.82) is 0 Å². The average molecular weight is 348 g/mol. The number of alkyl halides is 1. The van der Waals surface area contributed by atoms with Gasteiger partial charge in [-0.2, -0.15) is 0 Å². The van der Waals surface area contributed by atoms with Gasteiger partial charge in [0.05, 0.1) is 6.61 Å². The molecule has 0 aliphatic heterocycles. The maximum atomic E-state index is 5.76. The van der Waals surface area contributed by atoms with E-state index >= 15 is 0 Å². The lowest BCUT2D eigenvalue weighted by Crippen LogP contribution is -2.15. The summed E-state index contributed by atoms with van der Waals surface area (Å²) < 4.78 is 6.83. The largest absolute Gasteiger partial charge is 0.494 e. The van der Waals surface area contributed by atoms with Gasteiger partial charge in [-0.3, -0.25) is 0 Å². The van der Waals surface area contributed by atoms with Crippen LogP contribution in [0.5, 0.6) is 5.75 Å². The minimum Gasteiger partial charge on any atom is -0.494 e. The van der Waals surface area contributed by atoms with Crippen LogP contribution in [0, 0.1) is 5.41 Å². The topological polar surface area (TPSA) is 9.23 Å². The van der Waals surface area contributed by atoms with Crippen LogP contribution in [0.15, 0.2) is 28.7 Å². The predicted octanol–water partition coefficient (Wildman–Crippen LogP) is 4.78. The standard InChI is InChI=1S/C13H16Br2O/c1-10(14)13(5-6-13)7-8-16-12-4-2-3-11(15)9-12/h2-4,9-10H,5-8H2,1H3. The van der Waals surface area contributed by atoms with Gasteiger partial charge in [-0.1, -0.05) is 44.8 Å². The van der Waals surface area contributed by atoms with Gasteiger partial charge in [0.25, 0.3) is 0 Å². The van der Waals surface area contributed by atoms with E-state index < -0.39 is 0 Å². The molecule has 0 radical (unpaired) electrons. The molecule has 3 heteroatoms. The van der Waals surface area contributed by atoms with Gasteiger partial charge in [0.2, 0.25) is 0 Å². The Kier molecular flexibility index (Phi) is 3.96. The number of hydrogen-bond acceptors (Lipinski definition) is 1. The fraction of sp³-hybridized carbons (Fsp3) is 0.538. The highest BCUT2D eigenvalue weighted by molar-refractivity contribution is 9.10. The zero-order valence-electron chi connectivity index (χ0n) is 9.38. The van der Waals surface area contributed by atoms with Crippen molar-refractivity contribution in [3.63, 3.8) is 0 Å². The van der Waals surface area contributed by atoms with Crippen molar-refractivity contribution in [2.45, 2.75) is 31.0 Å². The Morgan fingerprint density at radius 3 is 2.75 bits per heavy atom. The Balaban J connectivity index is 1.80.